The molecule has 0 atom stereocenters. The number of rotatable bonds is 6. The monoisotopic (exact) mass is 447 g/mol. The van der Waals surface area contributed by atoms with E-state index >= 15 is 0 Å². The highest BCUT2D eigenvalue weighted by Gasteiger charge is 2.19. The molecular weight excluding hydrogens is 422 g/mol. The first-order valence-corrected chi connectivity index (χ1v) is 11.2. The summed E-state index contributed by atoms with van der Waals surface area (Å²) in [5, 5.41) is 12.3. The Bertz CT molecular complexity index is 1430. The zero-order chi connectivity index (χ0) is 23.5. The first kappa shape index (κ1) is 21.4. The van der Waals surface area contributed by atoms with Gasteiger partial charge < -0.3 is 5.32 Å². The zero-order valence-electron chi connectivity index (χ0n) is 19.1. The van der Waals surface area contributed by atoms with Crippen molar-refractivity contribution >= 4 is 11.6 Å². The second-order valence-corrected chi connectivity index (χ2v) is 8.28. The molecule has 34 heavy (non-hydrogen) atoms. The van der Waals surface area contributed by atoms with Gasteiger partial charge in [-0.05, 0) is 49.7 Å². The lowest BCUT2D eigenvalue weighted by Crippen LogP contribution is -2.13. The third kappa shape index (κ3) is 4.52. The second kappa shape index (κ2) is 9.19. The predicted molar refractivity (Wildman–Crippen MR) is 134 cm³/mol. The van der Waals surface area contributed by atoms with E-state index in [-0.39, 0.29) is 5.91 Å². The number of carbonyl (C=O) groups is 1. The van der Waals surface area contributed by atoms with Crippen molar-refractivity contribution in [3.63, 3.8) is 0 Å². The minimum absolute atomic E-state index is 0.204. The van der Waals surface area contributed by atoms with E-state index in [0.29, 0.717) is 17.8 Å². The van der Waals surface area contributed by atoms with Crippen molar-refractivity contribution in [3.8, 4) is 16.9 Å². The molecule has 5 rings (SSSR count). The topological polar surface area (TPSA) is 64.7 Å². The summed E-state index contributed by atoms with van der Waals surface area (Å²) < 4.78 is 3.71. The number of hydrogen-bond acceptors (Lipinski definition) is 3. The van der Waals surface area contributed by atoms with E-state index in [4.69, 9.17) is 5.10 Å². The highest BCUT2D eigenvalue weighted by Crippen LogP contribution is 2.25. The fourth-order valence-corrected chi connectivity index (χ4v) is 4.02. The summed E-state index contributed by atoms with van der Waals surface area (Å²) in [6.07, 6.45) is 1.78. The summed E-state index contributed by atoms with van der Waals surface area (Å²) in [6.45, 7) is 4.67. The minimum atomic E-state index is -0.204. The predicted octanol–water partition coefficient (Wildman–Crippen LogP) is 5.65. The average molecular weight is 448 g/mol. The molecule has 0 aliphatic heterocycles. The maximum Gasteiger partial charge on any atom is 0.259 e. The molecule has 0 saturated carbocycles. The van der Waals surface area contributed by atoms with E-state index in [1.165, 1.54) is 0 Å². The lowest BCUT2D eigenvalue weighted by molar-refractivity contribution is 0.102. The molecule has 1 N–H and O–H groups in total. The van der Waals surface area contributed by atoms with Crippen molar-refractivity contribution in [1.82, 2.24) is 19.6 Å². The van der Waals surface area contributed by atoms with E-state index in [0.717, 1.165) is 33.9 Å². The maximum absolute atomic E-state index is 13.4. The molecule has 168 valence electrons. The number of anilines is 1. The number of nitrogens with one attached hydrogen (secondary N) is 1. The van der Waals surface area contributed by atoms with Crippen LogP contribution in [0.5, 0.6) is 0 Å². The van der Waals surface area contributed by atoms with Gasteiger partial charge in [-0.15, -0.1) is 0 Å². The molecule has 0 radical (unpaired) electrons. The Labute approximate surface area is 198 Å². The second-order valence-electron chi connectivity index (χ2n) is 8.28. The molecule has 2 aromatic heterocycles. The lowest BCUT2D eigenvalue weighted by Gasteiger charge is -2.09. The first-order chi connectivity index (χ1) is 16.6. The minimum Gasteiger partial charge on any atom is -0.322 e. The van der Waals surface area contributed by atoms with Gasteiger partial charge in [0.05, 0.1) is 23.5 Å². The van der Waals surface area contributed by atoms with Crippen LogP contribution in [0.15, 0.2) is 97.2 Å². The average Bonchev–Trinajstić information content (AvgIpc) is 3.44. The Morgan fingerprint density at radius 3 is 2.29 bits per heavy atom. The summed E-state index contributed by atoms with van der Waals surface area (Å²) in [7, 11) is 0. The molecule has 0 aliphatic rings. The van der Waals surface area contributed by atoms with Crippen molar-refractivity contribution in [2.75, 3.05) is 5.32 Å². The molecule has 0 spiro atoms. The van der Waals surface area contributed by atoms with Gasteiger partial charge in [0, 0.05) is 23.1 Å². The highest BCUT2D eigenvalue weighted by molar-refractivity contribution is 6.08. The van der Waals surface area contributed by atoms with Gasteiger partial charge in [0.1, 0.15) is 5.69 Å². The Balaban J connectivity index is 1.44. The largest absolute Gasteiger partial charge is 0.322 e. The number of nitrogens with zero attached hydrogens (tertiary/aromatic N) is 4. The van der Waals surface area contributed by atoms with Crippen LogP contribution in [-0.2, 0) is 6.54 Å². The van der Waals surface area contributed by atoms with E-state index in [1.54, 1.807) is 10.9 Å². The molecule has 3 aromatic carbocycles. The van der Waals surface area contributed by atoms with Gasteiger partial charge in [-0.1, -0.05) is 60.7 Å². The molecular formula is C28H25N5O. The number of aromatic nitrogens is 4. The SMILES string of the molecule is Cc1cc(C)n(Cc2cccc(NC(=O)c3cn(-c4ccccc4)nc3-c3ccccc3)c2)n1. The van der Waals surface area contributed by atoms with Gasteiger partial charge in [-0.2, -0.15) is 10.2 Å². The van der Waals surface area contributed by atoms with Crippen LogP contribution in [0.25, 0.3) is 16.9 Å². The summed E-state index contributed by atoms with van der Waals surface area (Å²) in [5.41, 5.74) is 6.83. The van der Waals surface area contributed by atoms with Crippen molar-refractivity contribution in [2.24, 2.45) is 0 Å². The van der Waals surface area contributed by atoms with Crippen molar-refractivity contribution in [3.05, 3.63) is 120 Å². The maximum atomic E-state index is 13.4. The molecule has 0 bridgehead atoms. The van der Waals surface area contributed by atoms with Crippen LogP contribution in [0, 0.1) is 13.8 Å². The number of para-hydroxylation sites is 1. The van der Waals surface area contributed by atoms with E-state index in [2.05, 4.69) is 16.5 Å². The van der Waals surface area contributed by atoms with Gasteiger partial charge in [0.25, 0.3) is 5.91 Å². The van der Waals surface area contributed by atoms with Gasteiger partial charge >= 0.3 is 0 Å². The number of amides is 1. The van der Waals surface area contributed by atoms with Crippen LogP contribution in [0.3, 0.4) is 0 Å². The lowest BCUT2D eigenvalue weighted by atomic mass is 10.1. The Kier molecular flexibility index (Phi) is 5.79. The molecule has 0 fully saturated rings. The number of carbonyl (C=O) groups excluding carboxylic acids is 1. The van der Waals surface area contributed by atoms with Gasteiger partial charge in [0.15, 0.2) is 0 Å². The van der Waals surface area contributed by atoms with Crippen LogP contribution < -0.4 is 5.32 Å². The molecule has 6 heteroatoms. The van der Waals surface area contributed by atoms with Gasteiger partial charge in [-0.25, -0.2) is 4.68 Å². The summed E-state index contributed by atoms with van der Waals surface area (Å²) in [6, 6.07) is 29.5. The fraction of sp³-hybridized carbons (Fsp3) is 0.107. The third-order valence-corrected chi connectivity index (χ3v) is 5.65. The summed E-state index contributed by atoms with van der Waals surface area (Å²) >= 11 is 0. The Morgan fingerprint density at radius 1 is 0.853 bits per heavy atom. The van der Waals surface area contributed by atoms with E-state index < -0.39 is 0 Å². The summed E-state index contributed by atoms with van der Waals surface area (Å²) in [5.74, 6) is -0.204. The third-order valence-electron chi connectivity index (χ3n) is 5.65. The van der Waals surface area contributed by atoms with Crippen LogP contribution in [0.4, 0.5) is 5.69 Å². The molecule has 1 amide bonds. The van der Waals surface area contributed by atoms with Crippen LogP contribution >= 0.6 is 0 Å². The number of aryl methyl sites for hydroxylation is 2. The van der Waals surface area contributed by atoms with Crippen LogP contribution in [-0.4, -0.2) is 25.5 Å². The van der Waals surface area contributed by atoms with Gasteiger partial charge in [0.2, 0.25) is 0 Å². The molecule has 0 unspecified atom stereocenters. The highest BCUT2D eigenvalue weighted by atomic mass is 16.1. The first-order valence-electron chi connectivity index (χ1n) is 11.2. The van der Waals surface area contributed by atoms with E-state index in [1.807, 2.05) is 103 Å². The van der Waals surface area contributed by atoms with Gasteiger partial charge in [-0.3, -0.25) is 9.48 Å². The summed E-state index contributed by atoms with van der Waals surface area (Å²) in [4.78, 5) is 13.4. The van der Waals surface area contributed by atoms with Crippen molar-refractivity contribution in [1.29, 1.82) is 0 Å². The fourth-order valence-electron chi connectivity index (χ4n) is 4.02. The molecule has 6 nitrogen and oxygen atoms in total. The number of benzene rings is 3. The quantitative estimate of drug-likeness (QED) is 0.366. The Morgan fingerprint density at radius 2 is 1.59 bits per heavy atom. The van der Waals surface area contributed by atoms with Crippen LogP contribution in [0.2, 0.25) is 0 Å². The zero-order valence-corrected chi connectivity index (χ0v) is 19.1. The standard InChI is InChI=1S/C28H25N5O/c1-20-16-21(2)32(30-20)18-22-10-9-13-24(17-22)29-28(34)26-19-33(25-14-7-4-8-15-25)31-27(26)23-11-5-3-6-12-23/h3-17,19H,18H2,1-2H3,(H,29,34). The van der Waals surface area contributed by atoms with Crippen LogP contribution in [0.1, 0.15) is 27.3 Å². The molecule has 2 heterocycles. The van der Waals surface area contributed by atoms with Crippen molar-refractivity contribution in [2.45, 2.75) is 20.4 Å². The number of hydrogen-bond donors (Lipinski definition) is 1. The Hall–Kier alpha value is -4.45. The normalized spacial score (nSPS) is 10.9. The molecule has 0 saturated heterocycles. The molecule has 0 aliphatic carbocycles. The van der Waals surface area contributed by atoms with E-state index in [9.17, 15) is 4.79 Å². The molecule has 5 aromatic rings. The van der Waals surface area contributed by atoms with Crippen molar-refractivity contribution < 1.29 is 4.79 Å². The smallest absolute Gasteiger partial charge is 0.259 e.